The first-order chi connectivity index (χ1) is 8.25. The molecule has 3 aromatic heterocycles. The molecule has 0 atom stereocenters. The van der Waals surface area contributed by atoms with Gasteiger partial charge in [-0.1, -0.05) is 0 Å². The highest BCUT2D eigenvalue weighted by Gasteiger charge is 2.12. The molecule has 0 saturated carbocycles. The Hall–Kier alpha value is -2.70. The molecule has 1 N–H and O–H groups in total. The Morgan fingerprint density at radius 3 is 3.00 bits per heavy atom. The number of furan rings is 1. The summed E-state index contributed by atoms with van der Waals surface area (Å²) in [5, 5.41) is 8.93. The summed E-state index contributed by atoms with van der Waals surface area (Å²) in [7, 11) is 0. The van der Waals surface area contributed by atoms with Crippen LogP contribution in [0.25, 0.3) is 22.7 Å². The molecule has 0 saturated heterocycles. The van der Waals surface area contributed by atoms with Crippen LogP contribution in [0.15, 0.2) is 35.3 Å². The summed E-state index contributed by atoms with van der Waals surface area (Å²) in [6.45, 7) is 0. The minimum atomic E-state index is -1.14. The highest BCUT2D eigenvalue weighted by molar-refractivity contribution is 5.83. The molecule has 0 unspecified atom stereocenters. The number of nitrogens with zero attached hydrogens (tertiary/aromatic N) is 4. The van der Waals surface area contributed by atoms with Crippen molar-refractivity contribution in [1.29, 1.82) is 0 Å². The highest BCUT2D eigenvalue weighted by Crippen LogP contribution is 2.17. The van der Waals surface area contributed by atoms with Crippen molar-refractivity contribution < 1.29 is 14.3 Å². The Morgan fingerprint density at radius 2 is 2.29 bits per heavy atom. The quantitative estimate of drug-likeness (QED) is 0.682. The zero-order valence-electron chi connectivity index (χ0n) is 8.44. The molecule has 3 rings (SSSR count). The van der Waals surface area contributed by atoms with Crippen molar-refractivity contribution in [3.8, 4) is 11.6 Å². The molecule has 0 amide bonds. The zero-order chi connectivity index (χ0) is 11.8. The third-order valence-electron chi connectivity index (χ3n) is 2.24. The number of hydrogen-bond acceptors (Lipinski definition) is 5. The number of carboxylic acid groups (broad SMARTS) is 1. The van der Waals surface area contributed by atoms with E-state index in [-0.39, 0.29) is 5.65 Å². The molecule has 7 heteroatoms. The van der Waals surface area contributed by atoms with E-state index >= 15 is 0 Å². The van der Waals surface area contributed by atoms with E-state index in [4.69, 9.17) is 9.52 Å². The zero-order valence-corrected chi connectivity index (χ0v) is 8.44. The lowest BCUT2D eigenvalue weighted by atomic mass is 10.4. The van der Waals surface area contributed by atoms with Crippen LogP contribution in [-0.4, -0.2) is 30.7 Å². The van der Waals surface area contributed by atoms with Crippen molar-refractivity contribution in [3.05, 3.63) is 30.9 Å². The van der Waals surface area contributed by atoms with Crippen LogP contribution in [-0.2, 0) is 0 Å². The topological polar surface area (TPSA) is 94.0 Å². The van der Waals surface area contributed by atoms with Crippen LogP contribution in [0.5, 0.6) is 0 Å². The molecule has 7 nitrogen and oxygen atoms in total. The lowest BCUT2D eigenvalue weighted by Crippen LogP contribution is -2.07. The van der Waals surface area contributed by atoms with Gasteiger partial charge in [-0.15, -0.1) is 0 Å². The Kier molecular flexibility index (Phi) is 1.91. The van der Waals surface area contributed by atoms with Gasteiger partial charge in [0.2, 0.25) is 0 Å². The predicted molar refractivity (Wildman–Crippen MR) is 56.4 cm³/mol. The van der Waals surface area contributed by atoms with Gasteiger partial charge in [0.1, 0.15) is 11.8 Å². The van der Waals surface area contributed by atoms with E-state index in [2.05, 4.69) is 15.0 Å². The Morgan fingerprint density at radius 1 is 1.41 bits per heavy atom. The summed E-state index contributed by atoms with van der Waals surface area (Å²) >= 11 is 0. The van der Waals surface area contributed by atoms with Crippen molar-refractivity contribution in [1.82, 2.24) is 19.5 Å². The second-order valence-electron chi connectivity index (χ2n) is 3.28. The van der Waals surface area contributed by atoms with Crippen molar-refractivity contribution in [2.45, 2.75) is 0 Å². The standard InChI is InChI=1S/C10H6N4O3/c15-10(16)14-5-12-6-4-11-8(13-9(6)14)7-2-1-3-17-7/h1-5H,(H,15,16). The lowest BCUT2D eigenvalue weighted by Gasteiger charge is -1.97. The number of hydrogen-bond donors (Lipinski definition) is 1. The van der Waals surface area contributed by atoms with Gasteiger partial charge in [0, 0.05) is 0 Å². The molecular weight excluding hydrogens is 224 g/mol. The molecule has 3 aromatic rings. The first-order valence-corrected chi connectivity index (χ1v) is 4.73. The summed E-state index contributed by atoms with van der Waals surface area (Å²) in [6.07, 6.45) is 3.00. The van der Waals surface area contributed by atoms with Crippen LogP contribution in [0.3, 0.4) is 0 Å². The van der Waals surface area contributed by atoms with E-state index in [1.54, 1.807) is 12.1 Å². The molecule has 84 valence electrons. The summed E-state index contributed by atoms with van der Waals surface area (Å²) in [4.78, 5) is 23.0. The highest BCUT2D eigenvalue weighted by atomic mass is 16.4. The van der Waals surface area contributed by atoms with Gasteiger partial charge < -0.3 is 9.52 Å². The summed E-state index contributed by atoms with van der Waals surface area (Å²) in [5.41, 5.74) is 0.654. The Bertz CT molecular complexity index is 687. The van der Waals surface area contributed by atoms with Gasteiger partial charge in [-0.05, 0) is 12.1 Å². The fourth-order valence-electron chi connectivity index (χ4n) is 1.47. The van der Waals surface area contributed by atoms with Crippen LogP contribution in [0.2, 0.25) is 0 Å². The van der Waals surface area contributed by atoms with Crippen LogP contribution < -0.4 is 0 Å². The van der Waals surface area contributed by atoms with Crippen molar-refractivity contribution in [2.75, 3.05) is 0 Å². The van der Waals surface area contributed by atoms with Gasteiger partial charge >= 0.3 is 6.09 Å². The molecule has 17 heavy (non-hydrogen) atoms. The Labute approximate surface area is 94.4 Å². The fourth-order valence-corrected chi connectivity index (χ4v) is 1.47. The minimum absolute atomic E-state index is 0.235. The van der Waals surface area contributed by atoms with E-state index in [9.17, 15) is 4.79 Å². The third kappa shape index (κ3) is 1.44. The van der Waals surface area contributed by atoms with E-state index in [0.717, 1.165) is 4.57 Å². The lowest BCUT2D eigenvalue weighted by molar-refractivity contribution is 0.197. The van der Waals surface area contributed by atoms with Crippen LogP contribution >= 0.6 is 0 Å². The van der Waals surface area contributed by atoms with Crippen molar-refractivity contribution >= 4 is 17.3 Å². The number of aromatic nitrogens is 4. The van der Waals surface area contributed by atoms with Crippen molar-refractivity contribution in [2.24, 2.45) is 0 Å². The van der Waals surface area contributed by atoms with Crippen LogP contribution in [0, 0.1) is 0 Å². The average Bonchev–Trinajstić information content (AvgIpc) is 2.97. The SMILES string of the molecule is O=C(O)n1cnc2cnc(-c3ccco3)nc21. The maximum atomic E-state index is 10.9. The molecule has 0 aromatic carbocycles. The normalized spacial score (nSPS) is 10.8. The number of carbonyl (C=O) groups is 1. The summed E-state index contributed by atoms with van der Waals surface area (Å²) in [5.74, 6) is 0.801. The van der Waals surface area contributed by atoms with Crippen LogP contribution in [0.1, 0.15) is 0 Å². The largest absolute Gasteiger partial charge is 0.464 e. The monoisotopic (exact) mass is 230 g/mol. The minimum Gasteiger partial charge on any atom is -0.464 e. The molecule has 0 bridgehead atoms. The van der Waals surface area contributed by atoms with Gasteiger partial charge in [0.05, 0.1) is 12.5 Å². The third-order valence-corrected chi connectivity index (χ3v) is 2.24. The second kappa shape index (κ2) is 3.41. The first kappa shape index (κ1) is 9.52. The molecule has 0 spiro atoms. The molecular formula is C10H6N4O3. The van der Waals surface area contributed by atoms with E-state index in [1.807, 2.05) is 0 Å². The first-order valence-electron chi connectivity index (χ1n) is 4.73. The maximum Gasteiger partial charge on any atom is 0.418 e. The molecule has 3 heterocycles. The summed E-state index contributed by atoms with van der Waals surface area (Å²) in [6, 6.07) is 3.40. The smallest absolute Gasteiger partial charge is 0.418 e. The van der Waals surface area contributed by atoms with Gasteiger partial charge in [-0.25, -0.2) is 24.3 Å². The molecule has 0 aliphatic carbocycles. The molecule has 0 fully saturated rings. The predicted octanol–water partition coefficient (Wildman–Crippen LogP) is 1.61. The number of imidazole rings is 1. The van der Waals surface area contributed by atoms with Gasteiger partial charge in [0.15, 0.2) is 17.2 Å². The van der Waals surface area contributed by atoms with E-state index in [0.29, 0.717) is 17.1 Å². The molecule has 0 aliphatic rings. The second-order valence-corrected chi connectivity index (χ2v) is 3.28. The molecule has 0 aliphatic heterocycles. The van der Waals surface area contributed by atoms with Gasteiger partial charge in [-0.3, -0.25) is 0 Å². The van der Waals surface area contributed by atoms with E-state index in [1.165, 1.54) is 18.8 Å². The van der Waals surface area contributed by atoms with Crippen molar-refractivity contribution in [3.63, 3.8) is 0 Å². The number of rotatable bonds is 1. The summed E-state index contributed by atoms with van der Waals surface area (Å²) < 4.78 is 6.08. The van der Waals surface area contributed by atoms with Gasteiger partial charge in [0.25, 0.3) is 0 Å². The molecule has 0 radical (unpaired) electrons. The Balaban J connectivity index is 2.24. The maximum absolute atomic E-state index is 10.9. The fraction of sp³-hybridized carbons (Fsp3) is 0. The van der Waals surface area contributed by atoms with Crippen LogP contribution in [0.4, 0.5) is 4.79 Å². The average molecular weight is 230 g/mol. The van der Waals surface area contributed by atoms with Gasteiger partial charge in [-0.2, -0.15) is 0 Å². The van der Waals surface area contributed by atoms with E-state index < -0.39 is 6.09 Å². The number of fused-ring (bicyclic) bond motifs is 1.